The lowest BCUT2D eigenvalue weighted by molar-refractivity contribution is -0.137. The summed E-state index contributed by atoms with van der Waals surface area (Å²) in [7, 11) is 0. The van der Waals surface area contributed by atoms with Gasteiger partial charge in [-0.15, -0.1) is 0 Å². The van der Waals surface area contributed by atoms with Gasteiger partial charge in [-0.3, -0.25) is 4.79 Å². The molecule has 6 heteroatoms. The Hall–Kier alpha value is -1.56. The average molecular weight is 246 g/mol. The van der Waals surface area contributed by atoms with E-state index in [1.54, 1.807) is 0 Å². The predicted octanol–water partition coefficient (Wildman–Crippen LogP) is 2.38. The van der Waals surface area contributed by atoms with Gasteiger partial charge >= 0.3 is 6.18 Å². The fourth-order valence-corrected chi connectivity index (χ4v) is 1.12. The monoisotopic (exact) mass is 246 g/mol. The van der Waals surface area contributed by atoms with Crippen LogP contribution in [0.25, 0.3) is 0 Å². The van der Waals surface area contributed by atoms with Crippen molar-refractivity contribution in [2.75, 3.05) is 5.32 Å². The van der Waals surface area contributed by atoms with Crippen LogP contribution in [-0.4, -0.2) is 11.4 Å². The number of hydrogen-bond acceptors (Lipinski definition) is 2. The van der Waals surface area contributed by atoms with Gasteiger partial charge in [-0.05, 0) is 26.0 Å². The van der Waals surface area contributed by atoms with Crippen molar-refractivity contribution in [2.45, 2.75) is 25.6 Å². The first-order chi connectivity index (χ1) is 7.62. The van der Waals surface area contributed by atoms with Crippen molar-refractivity contribution in [3.05, 3.63) is 29.8 Å². The number of anilines is 1. The maximum absolute atomic E-state index is 12.6. The normalized spacial score (nSPS) is 12.4. The highest BCUT2D eigenvalue weighted by molar-refractivity contribution is 5.97. The Morgan fingerprint density at radius 1 is 1.24 bits per heavy atom. The van der Waals surface area contributed by atoms with Crippen LogP contribution in [0.5, 0.6) is 0 Å². The maximum atomic E-state index is 12.6. The lowest BCUT2D eigenvalue weighted by Gasteiger charge is -2.20. The van der Waals surface area contributed by atoms with Crippen LogP contribution in [0, 0.1) is 0 Å². The summed E-state index contributed by atoms with van der Waals surface area (Å²) in [5.74, 6) is -0.672. The van der Waals surface area contributed by atoms with E-state index in [4.69, 9.17) is 5.73 Å². The van der Waals surface area contributed by atoms with Crippen LogP contribution in [0.1, 0.15) is 19.4 Å². The molecule has 0 aliphatic rings. The lowest BCUT2D eigenvalue weighted by atomic mass is 10.1. The summed E-state index contributed by atoms with van der Waals surface area (Å²) in [5, 5.41) is 2.17. The van der Waals surface area contributed by atoms with E-state index in [0.717, 1.165) is 6.07 Å². The summed E-state index contributed by atoms with van der Waals surface area (Å²) in [4.78, 5) is 11.5. The van der Waals surface area contributed by atoms with E-state index in [2.05, 4.69) is 5.32 Å². The molecule has 0 bridgehead atoms. The minimum absolute atomic E-state index is 0.288. The van der Waals surface area contributed by atoms with Gasteiger partial charge in [0.05, 0.1) is 16.8 Å². The van der Waals surface area contributed by atoms with Gasteiger partial charge in [-0.25, -0.2) is 0 Å². The third-order valence-corrected chi connectivity index (χ3v) is 2.07. The van der Waals surface area contributed by atoms with Crippen LogP contribution < -0.4 is 11.1 Å². The number of nitrogens with two attached hydrogens (primary N) is 1. The molecule has 0 aromatic heterocycles. The van der Waals surface area contributed by atoms with Gasteiger partial charge in [0.15, 0.2) is 0 Å². The van der Waals surface area contributed by atoms with Gasteiger partial charge < -0.3 is 11.1 Å². The zero-order valence-electron chi connectivity index (χ0n) is 9.43. The van der Waals surface area contributed by atoms with Crippen molar-refractivity contribution in [3.8, 4) is 0 Å². The number of benzene rings is 1. The van der Waals surface area contributed by atoms with Gasteiger partial charge in [-0.2, -0.15) is 13.2 Å². The Labute approximate surface area is 96.8 Å². The second-order valence-corrected chi connectivity index (χ2v) is 4.22. The number of alkyl halides is 3. The number of carbonyl (C=O) groups is 1. The summed E-state index contributed by atoms with van der Waals surface area (Å²) in [6.45, 7) is 2.83. The Balaban J connectivity index is 3.04. The third-order valence-electron chi connectivity index (χ3n) is 2.07. The fourth-order valence-electron chi connectivity index (χ4n) is 1.12. The van der Waals surface area contributed by atoms with Crippen molar-refractivity contribution < 1.29 is 18.0 Å². The molecule has 94 valence electrons. The van der Waals surface area contributed by atoms with Crippen LogP contribution in [0.3, 0.4) is 0 Å². The number of para-hydroxylation sites is 1. The Morgan fingerprint density at radius 3 is 2.24 bits per heavy atom. The standard InChI is InChI=1S/C11H13F3N2O/c1-10(2,15)9(17)16-8-6-4-3-5-7(8)11(12,13)14/h3-6H,15H2,1-2H3,(H,16,17). The molecule has 1 amide bonds. The highest BCUT2D eigenvalue weighted by Gasteiger charge is 2.34. The molecule has 0 aliphatic carbocycles. The molecule has 0 unspecified atom stereocenters. The molecular formula is C11H13F3N2O. The number of hydrogen-bond donors (Lipinski definition) is 2. The van der Waals surface area contributed by atoms with Gasteiger partial charge in [0, 0.05) is 0 Å². The summed E-state index contributed by atoms with van der Waals surface area (Å²) >= 11 is 0. The molecule has 0 spiro atoms. The molecule has 1 aromatic rings. The Bertz CT molecular complexity index is 421. The van der Waals surface area contributed by atoms with E-state index in [9.17, 15) is 18.0 Å². The zero-order chi connectivity index (χ0) is 13.3. The van der Waals surface area contributed by atoms with E-state index in [1.807, 2.05) is 0 Å². The summed E-state index contributed by atoms with van der Waals surface area (Å²) in [6.07, 6.45) is -4.51. The van der Waals surface area contributed by atoms with E-state index in [0.29, 0.717) is 0 Å². The van der Waals surface area contributed by atoms with E-state index >= 15 is 0 Å². The van der Waals surface area contributed by atoms with Gasteiger partial charge in [0.25, 0.3) is 0 Å². The minimum Gasteiger partial charge on any atom is -0.324 e. The summed E-state index contributed by atoms with van der Waals surface area (Å²) in [5.41, 5.74) is 3.08. The first-order valence-electron chi connectivity index (χ1n) is 4.89. The summed E-state index contributed by atoms with van der Waals surface area (Å²) < 4.78 is 37.8. The Morgan fingerprint density at radius 2 is 1.76 bits per heavy atom. The largest absolute Gasteiger partial charge is 0.418 e. The van der Waals surface area contributed by atoms with Crippen molar-refractivity contribution in [1.29, 1.82) is 0 Å². The number of carbonyl (C=O) groups excluding carboxylic acids is 1. The Kier molecular flexibility index (Phi) is 3.47. The van der Waals surface area contributed by atoms with E-state index in [1.165, 1.54) is 32.0 Å². The molecular weight excluding hydrogens is 233 g/mol. The highest BCUT2D eigenvalue weighted by Crippen LogP contribution is 2.34. The molecule has 0 atom stereocenters. The van der Waals surface area contributed by atoms with Crippen molar-refractivity contribution in [2.24, 2.45) is 5.73 Å². The molecule has 0 heterocycles. The summed E-state index contributed by atoms with van der Waals surface area (Å²) in [6, 6.07) is 4.76. The molecule has 1 aromatic carbocycles. The molecule has 0 aliphatic heterocycles. The van der Waals surface area contributed by atoms with Crippen molar-refractivity contribution >= 4 is 11.6 Å². The van der Waals surface area contributed by atoms with Crippen LogP contribution in [0.2, 0.25) is 0 Å². The third kappa shape index (κ3) is 3.45. The number of rotatable bonds is 2. The number of nitrogens with one attached hydrogen (secondary N) is 1. The number of halogens is 3. The molecule has 0 fully saturated rings. The molecule has 3 N–H and O–H groups in total. The topological polar surface area (TPSA) is 55.1 Å². The van der Waals surface area contributed by atoms with Crippen LogP contribution in [-0.2, 0) is 11.0 Å². The quantitative estimate of drug-likeness (QED) is 0.841. The fraction of sp³-hybridized carbons (Fsp3) is 0.364. The van der Waals surface area contributed by atoms with Gasteiger partial charge in [-0.1, -0.05) is 12.1 Å². The maximum Gasteiger partial charge on any atom is 0.418 e. The SMILES string of the molecule is CC(C)(N)C(=O)Nc1ccccc1C(F)(F)F. The van der Waals surface area contributed by atoms with Crippen LogP contribution in [0.15, 0.2) is 24.3 Å². The van der Waals surface area contributed by atoms with Crippen LogP contribution >= 0.6 is 0 Å². The lowest BCUT2D eigenvalue weighted by Crippen LogP contribution is -2.45. The number of amides is 1. The smallest absolute Gasteiger partial charge is 0.324 e. The minimum atomic E-state index is -4.51. The molecule has 0 radical (unpaired) electrons. The predicted molar refractivity (Wildman–Crippen MR) is 58.3 cm³/mol. The zero-order valence-corrected chi connectivity index (χ0v) is 9.43. The van der Waals surface area contributed by atoms with Crippen molar-refractivity contribution in [3.63, 3.8) is 0 Å². The van der Waals surface area contributed by atoms with E-state index in [-0.39, 0.29) is 5.69 Å². The first-order valence-corrected chi connectivity index (χ1v) is 4.89. The molecule has 17 heavy (non-hydrogen) atoms. The molecule has 1 rings (SSSR count). The second-order valence-electron chi connectivity index (χ2n) is 4.22. The van der Waals surface area contributed by atoms with Crippen molar-refractivity contribution in [1.82, 2.24) is 0 Å². The molecule has 0 saturated carbocycles. The highest BCUT2D eigenvalue weighted by atomic mass is 19.4. The van der Waals surface area contributed by atoms with E-state index < -0.39 is 23.2 Å². The molecule has 0 saturated heterocycles. The average Bonchev–Trinajstić information content (AvgIpc) is 2.15. The van der Waals surface area contributed by atoms with Gasteiger partial charge in [0.2, 0.25) is 5.91 Å². The van der Waals surface area contributed by atoms with Gasteiger partial charge in [0.1, 0.15) is 0 Å². The molecule has 3 nitrogen and oxygen atoms in total. The van der Waals surface area contributed by atoms with Crippen LogP contribution in [0.4, 0.5) is 18.9 Å². The first kappa shape index (κ1) is 13.5. The second kappa shape index (κ2) is 4.37.